The summed E-state index contributed by atoms with van der Waals surface area (Å²) in [6.45, 7) is 3.22. The number of ether oxygens (including phenoxy) is 1. The van der Waals surface area contributed by atoms with E-state index in [2.05, 4.69) is 17.1 Å². The molecule has 5 heteroatoms. The summed E-state index contributed by atoms with van der Waals surface area (Å²) in [5, 5.41) is 3.85. The topological polar surface area (TPSA) is 74.2 Å². The third-order valence-corrected chi connectivity index (χ3v) is 2.73. The molecule has 0 aromatic carbocycles. The summed E-state index contributed by atoms with van der Waals surface area (Å²) in [7, 11) is 0. The molecule has 1 fully saturated rings. The van der Waals surface area contributed by atoms with Gasteiger partial charge in [-0.3, -0.25) is 0 Å². The van der Waals surface area contributed by atoms with Crippen molar-refractivity contribution in [1.29, 1.82) is 0 Å². The van der Waals surface area contributed by atoms with Gasteiger partial charge in [0.2, 0.25) is 5.89 Å². The second-order valence-electron chi connectivity index (χ2n) is 4.36. The fourth-order valence-corrected chi connectivity index (χ4v) is 1.63. The van der Waals surface area contributed by atoms with Gasteiger partial charge in [0.15, 0.2) is 5.82 Å². The summed E-state index contributed by atoms with van der Waals surface area (Å²) in [5.41, 5.74) is 5.98. The van der Waals surface area contributed by atoms with E-state index in [0.717, 1.165) is 13.0 Å². The number of aromatic nitrogens is 2. The van der Waals surface area contributed by atoms with Crippen molar-refractivity contribution in [2.75, 3.05) is 6.61 Å². The van der Waals surface area contributed by atoms with E-state index < -0.39 is 0 Å². The van der Waals surface area contributed by atoms with Crippen molar-refractivity contribution in [1.82, 2.24) is 10.1 Å². The molecule has 90 valence electrons. The molecule has 0 saturated heterocycles. The highest BCUT2D eigenvalue weighted by Gasteiger charge is 2.29. The molecule has 1 unspecified atom stereocenters. The van der Waals surface area contributed by atoms with Gasteiger partial charge in [-0.25, -0.2) is 0 Å². The third-order valence-electron chi connectivity index (χ3n) is 2.73. The standard InChI is InChI=1S/C11H19N3O2/c1-2-5-15-7-10-13-11(16-14-10)6-9(12)8-3-4-8/h8-9H,2-7,12H2,1H3. The molecule has 1 aliphatic carbocycles. The molecule has 0 radical (unpaired) electrons. The molecular formula is C11H19N3O2. The van der Waals surface area contributed by atoms with Crippen LogP contribution in [-0.4, -0.2) is 22.8 Å². The van der Waals surface area contributed by atoms with E-state index in [1.54, 1.807) is 0 Å². The van der Waals surface area contributed by atoms with Crippen molar-refractivity contribution >= 4 is 0 Å². The Hall–Kier alpha value is -0.940. The molecule has 2 N–H and O–H groups in total. The molecule has 0 aliphatic heterocycles. The Labute approximate surface area is 95.3 Å². The lowest BCUT2D eigenvalue weighted by Crippen LogP contribution is -2.25. The molecule has 1 heterocycles. The van der Waals surface area contributed by atoms with Gasteiger partial charge in [-0.2, -0.15) is 4.98 Å². The summed E-state index contributed by atoms with van der Waals surface area (Å²) in [5.74, 6) is 1.91. The molecule has 16 heavy (non-hydrogen) atoms. The first-order valence-corrected chi connectivity index (χ1v) is 5.94. The van der Waals surface area contributed by atoms with E-state index in [0.29, 0.717) is 30.7 Å². The van der Waals surface area contributed by atoms with Gasteiger partial charge in [-0.15, -0.1) is 0 Å². The van der Waals surface area contributed by atoms with E-state index in [4.69, 9.17) is 15.0 Å². The van der Waals surface area contributed by atoms with E-state index in [-0.39, 0.29) is 6.04 Å². The summed E-state index contributed by atoms with van der Waals surface area (Å²) < 4.78 is 10.5. The largest absolute Gasteiger partial charge is 0.373 e. The van der Waals surface area contributed by atoms with Crippen LogP contribution >= 0.6 is 0 Å². The van der Waals surface area contributed by atoms with Crippen molar-refractivity contribution in [3.8, 4) is 0 Å². The van der Waals surface area contributed by atoms with Crippen molar-refractivity contribution < 1.29 is 9.26 Å². The van der Waals surface area contributed by atoms with E-state index in [1.165, 1.54) is 12.8 Å². The molecular weight excluding hydrogens is 206 g/mol. The molecule has 0 amide bonds. The van der Waals surface area contributed by atoms with Gasteiger partial charge in [0.1, 0.15) is 6.61 Å². The molecule has 1 atom stereocenters. The van der Waals surface area contributed by atoms with Crippen LogP contribution in [0.5, 0.6) is 0 Å². The first kappa shape index (κ1) is 11.5. The summed E-state index contributed by atoms with van der Waals surface area (Å²) >= 11 is 0. The molecule has 1 saturated carbocycles. The van der Waals surface area contributed by atoms with Crippen LogP contribution in [0.2, 0.25) is 0 Å². The van der Waals surface area contributed by atoms with Crippen molar-refractivity contribution in [2.45, 2.75) is 45.3 Å². The number of nitrogens with two attached hydrogens (primary N) is 1. The molecule has 0 bridgehead atoms. The highest BCUT2D eigenvalue weighted by atomic mass is 16.5. The predicted molar refractivity (Wildman–Crippen MR) is 58.6 cm³/mol. The van der Waals surface area contributed by atoms with Crippen molar-refractivity contribution in [3.05, 3.63) is 11.7 Å². The number of hydrogen-bond donors (Lipinski definition) is 1. The lowest BCUT2D eigenvalue weighted by atomic mass is 10.1. The smallest absolute Gasteiger partial charge is 0.228 e. The maximum absolute atomic E-state index is 5.98. The van der Waals surface area contributed by atoms with E-state index in [1.807, 2.05) is 0 Å². The molecule has 1 aromatic rings. The highest BCUT2D eigenvalue weighted by Crippen LogP contribution is 2.32. The lowest BCUT2D eigenvalue weighted by molar-refractivity contribution is 0.114. The average molecular weight is 225 g/mol. The van der Waals surface area contributed by atoms with Gasteiger partial charge >= 0.3 is 0 Å². The normalized spacial score (nSPS) is 17.6. The number of rotatable bonds is 7. The van der Waals surface area contributed by atoms with Gasteiger partial charge in [0.05, 0.1) is 0 Å². The van der Waals surface area contributed by atoms with Gasteiger partial charge < -0.3 is 15.0 Å². The van der Waals surface area contributed by atoms with Gasteiger partial charge in [0, 0.05) is 19.1 Å². The maximum Gasteiger partial charge on any atom is 0.228 e. The Kier molecular flexibility index (Phi) is 3.90. The summed E-state index contributed by atoms with van der Waals surface area (Å²) in [6.07, 6.45) is 4.16. The monoisotopic (exact) mass is 225 g/mol. The first-order chi connectivity index (χ1) is 7.79. The summed E-state index contributed by atoms with van der Waals surface area (Å²) in [6, 6.07) is 0.171. The summed E-state index contributed by atoms with van der Waals surface area (Å²) in [4.78, 5) is 4.25. The molecule has 0 spiro atoms. The zero-order valence-corrected chi connectivity index (χ0v) is 9.69. The zero-order valence-electron chi connectivity index (χ0n) is 9.69. The predicted octanol–water partition coefficient (Wildman–Crippen LogP) is 1.28. The van der Waals surface area contributed by atoms with Crippen LogP contribution in [0.25, 0.3) is 0 Å². The second-order valence-corrected chi connectivity index (χ2v) is 4.36. The van der Waals surface area contributed by atoms with Gasteiger partial charge in [0.25, 0.3) is 0 Å². The van der Waals surface area contributed by atoms with E-state index in [9.17, 15) is 0 Å². The minimum atomic E-state index is 0.171. The lowest BCUT2D eigenvalue weighted by Gasteiger charge is -2.04. The van der Waals surface area contributed by atoms with Gasteiger partial charge in [-0.05, 0) is 25.2 Å². The molecule has 5 nitrogen and oxygen atoms in total. The van der Waals surface area contributed by atoms with E-state index >= 15 is 0 Å². The van der Waals surface area contributed by atoms with Crippen LogP contribution in [0.1, 0.15) is 37.9 Å². The SMILES string of the molecule is CCCOCc1noc(CC(N)C2CC2)n1. The molecule has 2 rings (SSSR count). The quantitative estimate of drug-likeness (QED) is 0.707. The Morgan fingerprint density at radius 2 is 2.38 bits per heavy atom. The highest BCUT2D eigenvalue weighted by molar-refractivity contribution is 4.93. The zero-order chi connectivity index (χ0) is 11.4. The molecule has 1 aliphatic rings. The first-order valence-electron chi connectivity index (χ1n) is 5.94. The number of hydrogen-bond acceptors (Lipinski definition) is 5. The number of nitrogens with zero attached hydrogens (tertiary/aromatic N) is 2. The Morgan fingerprint density at radius 1 is 1.56 bits per heavy atom. The molecule has 1 aromatic heterocycles. The Balaban J connectivity index is 1.77. The van der Waals surface area contributed by atoms with Crippen LogP contribution in [0.3, 0.4) is 0 Å². The Morgan fingerprint density at radius 3 is 3.06 bits per heavy atom. The van der Waals surface area contributed by atoms with Crippen LogP contribution in [0.4, 0.5) is 0 Å². The second kappa shape index (κ2) is 5.41. The Bertz CT molecular complexity index is 323. The van der Waals surface area contributed by atoms with Crippen LogP contribution in [-0.2, 0) is 17.8 Å². The minimum Gasteiger partial charge on any atom is -0.373 e. The van der Waals surface area contributed by atoms with Crippen LogP contribution in [0.15, 0.2) is 4.52 Å². The third kappa shape index (κ3) is 3.28. The minimum absolute atomic E-state index is 0.171. The fourth-order valence-electron chi connectivity index (χ4n) is 1.63. The average Bonchev–Trinajstić information content (AvgIpc) is 3.03. The van der Waals surface area contributed by atoms with Crippen molar-refractivity contribution in [2.24, 2.45) is 11.7 Å². The van der Waals surface area contributed by atoms with Crippen LogP contribution < -0.4 is 5.73 Å². The fraction of sp³-hybridized carbons (Fsp3) is 0.818. The van der Waals surface area contributed by atoms with Crippen molar-refractivity contribution in [3.63, 3.8) is 0 Å². The van der Waals surface area contributed by atoms with Crippen LogP contribution in [0, 0.1) is 5.92 Å². The maximum atomic E-state index is 5.98. The van der Waals surface area contributed by atoms with Gasteiger partial charge in [-0.1, -0.05) is 12.1 Å².